The van der Waals surface area contributed by atoms with E-state index < -0.39 is 0 Å². The molecule has 0 radical (unpaired) electrons. The van der Waals surface area contributed by atoms with Crippen LogP contribution in [0.25, 0.3) is 10.9 Å². The fraction of sp³-hybridized carbons (Fsp3) is 0.517. The molecule has 1 unspecified atom stereocenters. The van der Waals surface area contributed by atoms with Crippen molar-refractivity contribution in [1.82, 2.24) is 15.3 Å². The van der Waals surface area contributed by atoms with Gasteiger partial charge in [-0.15, -0.1) is 0 Å². The smallest absolute Gasteiger partial charge is 0.139 e. The Morgan fingerprint density at radius 2 is 1.65 bits per heavy atom. The summed E-state index contributed by atoms with van der Waals surface area (Å²) in [6.45, 7) is 6.47. The number of nitrogens with one attached hydrogen (secondary N) is 1. The van der Waals surface area contributed by atoms with Gasteiger partial charge in [0.05, 0.1) is 11.6 Å². The van der Waals surface area contributed by atoms with E-state index in [0.29, 0.717) is 0 Å². The first-order valence-electron chi connectivity index (χ1n) is 12.8. The van der Waals surface area contributed by atoms with Crippen molar-refractivity contribution in [3.63, 3.8) is 0 Å². The van der Waals surface area contributed by atoms with Crippen LogP contribution in [0.4, 0.5) is 5.82 Å². The van der Waals surface area contributed by atoms with Crippen molar-refractivity contribution in [2.75, 3.05) is 32.1 Å². The summed E-state index contributed by atoms with van der Waals surface area (Å²) in [6, 6.07) is 18.0. The second-order valence-corrected chi connectivity index (χ2v) is 9.90. The van der Waals surface area contributed by atoms with Crippen LogP contribution < -0.4 is 10.2 Å². The number of hydrogen-bond donors (Lipinski definition) is 2. The number of rotatable bonds is 8. The average molecular weight is 463 g/mol. The maximum absolute atomic E-state index is 10.1. The predicted molar refractivity (Wildman–Crippen MR) is 143 cm³/mol. The van der Waals surface area contributed by atoms with Crippen LogP contribution in [0, 0.1) is 18.8 Å². The van der Waals surface area contributed by atoms with Gasteiger partial charge in [-0.1, -0.05) is 62.2 Å². The summed E-state index contributed by atoms with van der Waals surface area (Å²) < 4.78 is 0. The zero-order valence-corrected chi connectivity index (χ0v) is 21.4. The van der Waals surface area contributed by atoms with Crippen molar-refractivity contribution in [1.29, 1.82) is 0 Å². The van der Waals surface area contributed by atoms with E-state index in [1.807, 2.05) is 80.5 Å². The summed E-state index contributed by atoms with van der Waals surface area (Å²) in [6.07, 6.45) is 7.16. The molecule has 1 aliphatic carbocycles. The van der Waals surface area contributed by atoms with Gasteiger partial charge in [0.25, 0.3) is 0 Å². The summed E-state index contributed by atoms with van der Waals surface area (Å²) in [5, 5.41) is 14.7. The molecule has 0 spiro atoms. The molecule has 1 aliphatic rings. The van der Waals surface area contributed by atoms with E-state index in [4.69, 9.17) is 0 Å². The molecule has 3 aromatic rings. The second-order valence-electron chi connectivity index (χ2n) is 9.90. The van der Waals surface area contributed by atoms with E-state index in [-0.39, 0.29) is 6.10 Å². The van der Waals surface area contributed by atoms with Gasteiger partial charge in [0.1, 0.15) is 11.6 Å². The summed E-state index contributed by atoms with van der Waals surface area (Å²) in [5.74, 6) is 3.61. The number of aliphatic hydroxyl groups excluding tert-OH is 1. The summed E-state index contributed by atoms with van der Waals surface area (Å²) in [5.41, 5.74) is 2.04. The Morgan fingerprint density at radius 3 is 2.35 bits per heavy atom. The van der Waals surface area contributed by atoms with Gasteiger partial charge in [0.15, 0.2) is 0 Å². The first kappa shape index (κ1) is 26.1. The molecular formula is C29H42N4O. The number of hydrogen-bond acceptors (Lipinski definition) is 5. The lowest BCUT2D eigenvalue weighted by Gasteiger charge is -2.26. The van der Waals surface area contributed by atoms with Crippen molar-refractivity contribution < 1.29 is 5.11 Å². The number of anilines is 1. The van der Waals surface area contributed by atoms with E-state index >= 15 is 0 Å². The molecule has 2 N–H and O–H groups in total. The highest BCUT2D eigenvalue weighted by molar-refractivity contribution is 5.89. The molecule has 0 saturated heterocycles. The number of aromatic nitrogens is 2. The van der Waals surface area contributed by atoms with Gasteiger partial charge in [-0.3, -0.25) is 0 Å². The van der Waals surface area contributed by atoms with Gasteiger partial charge in [-0.25, -0.2) is 9.97 Å². The van der Waals surface area contributed by atoms with Crippen LogP contribution in [0.2, 0.25) is 0 Å². The molecule has 4 rings (SSSR count). The lowest BCUT2D eigenvalue weighted by Crippen LogP contribution is -2.27. The van der Waals surface area contributed by atoms with Crippen molar-refractivity contribution in [3.05, 3.63) is 66.0 Å². The van der Waals surface area contributed by atoms with E-state index in [9.17, 15) is 5.11 Å². The van der Waals surface area contributed by atoms with Gasteiger partial charge in [-0.2, -0.15) is 0 Å². The van der Waals surface area contributed by atoms with Crippen molar-refractivity contribution in [2.45, 2.75) is 58.5 Å². The van der Waals surface area contributed by atoms with Crippen LogP contribution in [0.5, 0.6) is 0 Å². The highest BCUT2D eigenvalue weighted by Gasteiger charge is 2.17. The minimum Gasteiger partial charge on any atom is -0.388 e. The molecule has 5 heteroatoms. The molecule has 0 aliphatic heterocycles. The summed E-state index contributed by atoms with van der Waals surface area (Å²) >= 11 is 0. The molecule has 184 valence electrons. The molecule has 1 saturated carbocycles. The second kappa shape index (κ2) is 13.4. The molecule has 1 atom stereocenters. The average Bonchev–Trinajstić information content (AvgIpc) is 2.85. The molecule has 0 bridgehead atoms. The molecule has 5 nitrogen and oxygen atoms in total. The van der Waals surface area contributed by atoms with Gasteiger partial charge >= 0.3 is 0 Å². The lowest BCUT2D eigenvalue weighted by atomic mass is 9.83. The highest BCUT2D eigenvalue weighted by Crippen LogP contribution is 2.27. The minimum atomic E-state index is -0.312. The van der Waals surface area contributed by atoms with E-state index in [0.717, 1.165) is 65.9 Å². The largest absolute Gasteiger partial charge is 0.388 e. The number of para-hydroxylation sites is 1. The van der Waals surface area contributed by atoms with Crippen LogP contribution in [0.1, 0.15) is 62.9 Å². The number of nitrogens with zero attached hydrogens (tertiary/aromatic N) is 3. The first-order chi connectivity index (χ1) is 16.4. The molecule has 2 aromatic carbocycles. The number of fused-ring (bicyclic) bond motifs is 1. The molecule has 1 heterocycles. The zero-order valence-electron chi connectivity index (χ0n) is 21.4. The van der Waals surface area contributed by atoms with Gasteiger partial charge < -0.3 is 15.3 Å². The maximum Gasteiger partial charge on any atom is 0.139 e. The Kier molecular flexibility index (Phi) is 10.3. The first-order valence-corrected chi connectivity index (χ1v) is 12.8. The Morgan fingerprint density at radius 1 is 0.971 bits per heavy atom. The number of aliphatic hydroxyl groups is 1. The predicted octanol–water partition coefficient (Wildman–Crippen LogP) is 5.92. The standard InChI is InChI=1S/C18H29NO.C11H13N3/c1-15-9-11-16(12-10-15)14-19-13-5-8-18(20)17-6-3-2-4-7-17;1-8-12-10-7-5-4-6-9(10)11(13-8)14(2)3/h2-4,6-7,15-16,18-20H,5,8-14H2,1H3;4-7H,1-3H3. The van der Waals surface area contributed by atoms with Crippen LogP contribution in [-0.2, 0) is 0 Å². The Labute approximate surface area is 205 Å². The van der Waals surface area contributed by atoms with Gasteiger partial charge in [-0.05, 0) is 75.2 Å². The van der Waals surface area contributed by atoms with E-state index in [1.165, 1.54) is 25.7 Å². The van der Waals surface area contributed by atoms with Crippen molar-refractivity contribution >= 4 is 16.7 Å². The van der Waals surface area contributed by atoms with Gasteiger partial charge in [0.2, 0.25) is 0 Å². The zero-order chi connectivity index (χ0) is 24.3. The third-order valence-corrected chi connectivity index (χ3v) is 6.70. The summed E-state index contributed by atoms with van der Waals surface area (Å²) in [7, 11) is 3.99. The summed E-state index contributed by atoms with van der Waals surface area (Å²) in [4.78, 5) is 10.8. The molecule has 0 amide bonds. The molecule has 1 fully saturated rings. The number of aryl methyl sites for hydroxylation is 1. The Balaban J connectivity index is 0.000000202. The lowest BCUT2D eigenvalue weighted by molar-refractivity contribution is 0.164. The number of benzene rings is 2. The Bertz CT molecular complexity index is 984. The highest BCUT2D eigenvalue weighted by atomic mass is 16.3. The molecule has 34 heavy (non-hydrogen) atoms. The van der Waals surface area contributed by atoms with Crippen LogP contribution in [0.3, 0.4) is 0 Å². The minimum absolute atomic E-state index is 0.312. The normalized spacial score (nSPS) is 18.7. The monoisotopic (exact) mass is 462 g/mol. The maximum atomic E-state index is 10.1. The van der Waals surface area contributed by atoms with E-state index in [2.05, 4.69) is 22.2 Å². The van der Waals surface area contributed by atoms with E-state index in [1.54, 1.807) is 0 Å². The third-order valence-electron chi connectivity index (χ3n) is 6.70. The quantitative estimate of drug-likeness (QED) is 0.407. The molecular weight excluding hydrogens is 420 g/mol. The van der Waals surface area contributed by atoms with Crippen LogP contribution >= 0.6 is 0 Å². The fourth-order valence-electron chi connectivity index (χ4n) is 4.62. The molecule has 1 aromatic heterocycles. The van der Waals surface area contributed by atoms with Crippen LogP contribution in [0.15, 0.2) is 54.6 Å². The van der Waals surface area contributed by atoms with Crippen molar-refractivity contribution in [3.8, 4) is 0 Å². The van der Waals surface area contributed by atoms with Crippen LogP contribution in [-0.4, -0.2) is 42.3 Å². The van der Waals surface area contributed by atoms with Gasteiger partial charge in [0, 0.05) is 19.5 Å². The third kappa shape index (κ3) is 8.07. The fourth-order valence-corrected chi connectivity index (χ4v) is 4.62. The van der Waals surface area contributed by atoms with Crippen molar-refractivity contribution in [2.24, 2.45) is 11.8 Å². The SMILES string of the molecule is CC1CCC(CNCCCC(O)c2ccccc2)CC1.Cc1nc(N(C)C)c2ccccc2n1. The Hall–Kier alpha value is -2.50. The topological polar surface area (TPSA) is 61.3 Å².